The molecule has 0 spiro atoms. The molecule has 2 nitrogen and oxygen atoms in total. The van der Waals surface area contributed by atoms with Gasteiger partial charge in [0.1, 0.15) is 5.15 Å². The molecule has 0 bridgehead atoms. The smallest absolute Gasteiger partial charge is 0.107 e. The number of benzene rings is 1. The highest BCUT2D eigenvalue weighted by Gasteiger charge is 1.98. The molecular weight excluding hydrogens is 172 g/mol. The topological polar surface area (TPSA) is 41.8 Å². The predicted molar refractivity (Wildman–Crippen MR) is 51.2 cm³/mol. The maximum absolute atomic E-state index is 5.79. The number of halogens is 1. The van der Waals surface area contributed by atoms with Crippen LogP contribution in [0.15, 0.2) is 24.3 Å². The minimum absolute atomic E-state index is 0.568. The SMILES string of the molecule is NCc1ccc2[nH]c(Cl)cc2c1. The molecule has 1 aromatic carbocycles. The highest BCUT2D eigenvalue weighted by molar-refractivity contribution is 6.30. The average molecular weight is 181 g/mol. The Morgan fingerprint density at radius 3 is 2.92 bits per heavy atom. The van der Waals surface area contributed by atoms with Crippen LogP contribution in [0.1, 0.15) is 5.56 Å². The maximum Gasteiger partial charge on any atom is 0.107 e. The highest BCUT2D eigenvalue weighted by Crippen LogP contribution is 2.19. The molecule has 0 saturated carbocycles. The first-order valence-corrected chi connectivity index (χ1v) is 4.14. The van der Waals surface area contributed by atoms with Crippen molar-refractivity contribution in [3.63, 3.8) is 0 Å². The first kappa shape index (κ1) is 7.65. The third-order valence-electron chi connectivity index (χ3n) is 1.89. The van der Waals surface area contributed by atoms with Crippen LogP contribution in [-0.2, 0) is 6.54 Å². The summed E-state index contributed by atoms with van der Waals surface area (Å²) in [4.78, 5) is 3.03. The summed E-state index contributed by atoms with van der Waals surface area (Å²) in [5.74, 6) is 0. The Bertz CT molecular complexity index is 406. The zero-order valence-corrected chi connectivity index (χ0v) is 7.23. The standard InChI is InChI=1S/C9H9ClN2/c10-9-4-7-3-6(5-11)1-2-8(7)12-9/h1-4,12H,5,11H2. The van der Waals surface area contributed by atoms with Crippen molar-refractivity contribution in [2.75, 3.05) is 0 Å². The van der Waals surface area contributed by atoms with E-state index in [0.717, 1.165) is 16.5 Å². The minimum atomic E-state index is 0.568. The zero-order valence-electron chi connectivity index (χ0n) is 6.47. The van der Waals surface area contributed by atoms with Gasteiger partial charge >= 0.3 is 0 Å². The van der Waals surface area contributed by atoms with Crippen LogP contribution < -0.4 is 5.73 Å². The molecule has 2 rings (SSSR count). The summed E-state index contributed by atoms with van der Waals surface area (Å²) in [5.41, 5.74) is 7.68. The van der Waals surface area contributed by atoms with Crippen molar-refractivity contribution in [1.82, 2.24) is 4.98 Å². The van der Waals surface area contributed by atoms with Crippen molar-refractivity contribution in [1.29, 1.82) is 0 Å². The molecule has 3 N–H and O–H groups in total. The van der Waals surface area contributed by atoms with Gasteiger partial charge in [-0.15, -0.1) is 0 Å². The van der Waals surface area contributed by atoms with E-state index in [1.165, 1.54) is 0 Å². The molecule has 0 atom stereocenters. The molecule has 1 heterocycles. The molecule has 12 heavy (non-hydrogen) atoms. The van der Waals surface area contributed by atoms with E-state index >= 15 is 0 Å². The molecule has 0 unspecified atom stereocenters. The van der Waals surface area contributed by atoms with E-state index in [9.17, 15) is 0 Å². The van der Waals surface area contributed by atoms with Gasteiger partial charge in [0.25, 0.3) is 0 Å². The Hall–Kier alpha value is -0.990. The lowest BCUT2D eigenvalue weighted by molar-refractivity contribution is 1.08. The van der Waals surface area contributed by atoms with Gasteiger partial charge in [-0.3, -0.25) is 0 Å². The van der Waals surface area contributed by atoms with Gasteiger partial charge < -0.3 is 10.7 Å². The Morgan fingerprint density at radius 1 is 1.33 bits per heavy atom. The van der Waals surface area contributed by atoms with Crippen molar-refractivity contribution >= 4 is 22.5 Å². The fourth-order valence-electron chi connectivity index (χ4n) is 1.27. The zero-order chi connectivity index (χ0) is 8.55. The van der Waals surface area contributed by atoms with Crippen LogP contribution in [0.3, 0.4) is 0 Å². The summed E-state index contributed by atoms with van der Waals surface area (Å²) < 4.78 is 0. The number of rotatable bonds is 1. The van der Waals surface area contributed by atoms with E-state index in [1.807, 2.05) is 24.3 Å². The number of H-pyrrole nitrogens is 1. The van der Waals surface area contributed by atoms with Crippen LogP contribution in [0.2, 0.25) is 5.15 Å². The van der Waals surface area contributed by atoms with E-state index in [1.54, 1.807) is 0 Å². The highest BCUT2D eigenvalue weighted by atomic mass is 35.5. The molecule has 0 aliphatic rings. The van der Waals surface area contributed by atoms with Gasteiger partial charge in [0.2, 0.25) is 0 Å². The quantitative estimate of drug-likeness (QED) is 0.695. The minimum Gasteiger partial charge on any atom is -0.346 e. The summed E-state index contributed by atoms with van der Waals surface area (Å²) in [7, 11) is 0. The second-order valence-electron chi connectivity index (χ2n) is 2.74. The maximum atomic E-state index is 5.79. The van der Waals surface area contributed by atoms with Crippen LogP contribution in [-0.4, -0.2) is 4.98 Å². The van der Waals surface area contributed by atoms with Gasteiger partial charge in [-0.25, -0.2) is 0 Å². The third-order valence-corrected chi connectivity index (χ3v) is 2.09. The van der Waals surface area contributed by atoms with Crippen molar-refractivity contribution in [2.45, 2.75) is 6.54 Å². The van der Waals surface area contributed by atoms with Crippen LogP contribution in [0.5, 0.6) is 0 Å². The lowest BCUT2D eigenvalue weighted by Crippen LogP contribution is -1.94. The fourth-order valence-corrected chi connectivity index (χ4v) is 1.49. The van der Waals surface area contributed by atoms with E-state index in [-0.39, 0.29) is 0 Å². The van der Waals surface area contributed by atoms with E-state index in [4.69, 9.17) is 17.3 Å². The number of fused-ring (bicyclic) bond motifs is 1. The second-order valence-corrected chi connectivity index (χ2v) is 3.15. The molecule has 62 valence electrons. The molecular formula is C9H9ClN2. The molecule has 0 radical (unpaired) electrons. The Labute approximate surface area is 75.3 Å². The van der Waals surface area contributed by atoms with Gasteiger partial charge in [0.05, 0.1) is 0 Å². The average Bonchev–Trinajstić information content (AvgIpc) is 2.43. The van der Waals surface area contributed by atoms with Crippen molar-refractivity contribution < 1.29 is 0 Å². The summed E-state index contributed by atoms with van der Waals surface area (Å²) >= 11 is 5.79. The van der Waals surface area contributed by atoms with Crippen molar-refractivity contribution in [2.24, 2.45) is 5.73 Å². The summed E-state index contributed by atoms with van der Waals surface area (Å²) in [6, 6.07) is 7.92. The normalized spacial score (nSPS) is 10.8. The molecule has 2 aromatic rings. The molecule has 0 amide bonds. The summed E-state index contributed by atoms with van der Waals surface area (Å²) in [6.45, 7) is 0.568. The lowest BCUT2D eigenvalue weighted by atomic mass is 10.1. The van der Waals surface area contributed by atoms with E-state index in [2.05, 4.69) is 4.98 Å². The number of hydrogen-bond acceptors (Lipinski definition) is 1. The lowest BCUT2D eigenvalue weighted by Gasteiger charge is -1.94. The van der Waals surface area contributed by atoms with Crippen LogP contribution in [0, 0.1) is 0 Å². The van der Waals surface area contributed by atoms with Gasteiger partial charge in [0.15, 0.2) is 0 Å². The van der Waals surface area contributed by atoms with Crippen LogP contribution in [0.25, 0.3) is 10.9 Å². The molecule has 1 aromatic heterocycles. The molecule has 0 saturated heterocycles. The first-order valence-electron chi connectivity index (χ1n) is 3.77. The molecule has 0 aliphatic heterocycles. The monoisotopic (exact) mass is 180 g/mol. The second kappa shape index (κ2) is 2.81. The van der Waals surface area contributed by atoms with E-state index in [0.29, 0.717) is 11.7 Å². The number of aromatic nitrogens is 1. The van der Waals surface area contributed by atoms with E-state index < -0.39 is 0 Å². The predicted octanol–water partition coefficient (Wildman–Crippen LogP) is 2.28. The Kier molecular flexibility index (Phi) is 1.79. The third kappa shape index (κ3) is 1.19. The Morgan fingerprint density at radius 2 is 2.17 bits per heavy atom. The molecule has 0 fully saturated rings. The summed E-state index contributed by atoms with van der Waals surface area (Å²) in [6.07, 6.45) is 0. The number of nitrogens with two attached hydrogens (primary N) is 1. The number of hydrogen-bond donors (Lipinski definition) is 2. The Balaban J connectivity index is 2.66. The molecule has 3 heteroatoms. The van der Waals surface area contributed by atoms with Gasteiger partial charge in [0, 0.05) is 17.4 Å². The molecule has 0 aliphatic carbocycles. The number of aromatic amines is 1. The summed E-state index contributed by atoms with van der Waals surface area (Å²) in [5, 5.41) is 1.78. The fraction of sp³-hybridized carbons (Fsp3) is 0.111. The van der Waals surface area contributed by atoms with Crippen molar-refractivity contribution in [3.05, 3.63) is 35.0 Å². The van der Waals surface area contributed by atoms with Gasteiger partial charge in [-0.05, 0) is 23.8 Å². The van der Waals surface area contributed by atoms with Crippen molar-refractivity contribution in [3.8, 4) is 0 Å². The van der Waals surface area contributed by atoms with Gasteiger partial charge in [-0.1, -0.05) is 17.7 Å². The first-order chi connectivity index (χ1) is 5.79. The van der Waals surface area contributed by atoms with Gasteiger partial charge in [-0.2, -0.15) is 0 Å². The largest absolute Gasteiger partial charge is 0.346 e. The number of nitrogens with one attached hydrogen (secondary N) is 1. The van der Waals surface area contributed by atoms with Crippen LogP contribution in [0.4, 0.5) is 0 Å². The van der Waals surface area contributed by atoms with Crippen LogP contribution >= 0.6 is 11.6 Å².